The number of thiocarbonyl (C=S) groups is 1. The average Bonchev–Trinajstić information content (AvgIpc) is 3.04. The Hall–Kier alpha value is -1.65. The zero-order valence-electron chi connectivity index (χ0n) is 12.0. The Balaban J connectivity index is 1.54. The maximum Gasteiger partial charge on any atom is 0.166 e. The Labute approximate surface area is 130 Å². The van der Waals surface area contributed by atoms with Gasteiger partial charge in [-0.2, -0.15) is 0 Å². The summed E-state index contributed by atoms with van der Waals surface area (Å²) in [4.78, 5) is 0. The molecule has 1 aliphatic rings. The van der Waals surface area contributed by atoms with E-state index in [9.17, 15) is 0 Å². The molecule has 1 atom stereocenters. The molecule has 1 heterocycles. The minimum absolute atomic E-state index is 0.308. The van der Waals surface area contributed by atoms with Gasteiger partial charge in [-0.3, -0.25) is 0 Å². The van der Waals surface area contributed by atoms with Gasteiger partial charge in [-0.25, -0.2) is 0 Å². The zero-order valence-corrected chi connectivity index (χ0v) is 12.8. The Kier molecular flexibility index (Phi) is 4.68. The highest BCUT2D eigenvalue weighted by molar-refractivity contribution is 7.80. The lowest BCUT2D eigenvalue weighted by molar-refractivity contribution is 0.114. The largest absolute Gasteiger partial charge is 0.376 e. The molecule has 3 nitrogen and oxygen atoms in total. The van der Waals surface area contributed by atoms with E-state index in [4.69, 9.17) is 17.0 Å². The van der Waals surface area contributed by atoms with Crippen molar-refractivity contribution in [1.29, 1.82) is 0 Å². The lowest BCUT2D eigenvalue weighted by Gasteiger charge is -2.14. The molecule has 4 heteroatoms. The first-order chi connectivity index (χ1) is 10.3. The van der Waals surface area contributed by atoms with Gasteiger partial charge in [0.05, 0.1) is 6.10 Å². The van der Waals surface area contributed by atoms with Gasteiger partial charge in [-0.05, 0) is 41.4 Å². The summed E-state index contributed by atoms with van der Waals surface area (Å²) in [6, 6.07) is 14.8. The standard InChI is InChI=1S/C17H20N2OS/c21-17(19-12-15-8-4-10-20-15)18-11-14-7-3-6-13-5-1-2-9-16(13)14/h1-3,5-7,9,15H,4,8,10-12H2,(H2,18,19,21)/t15-/m0/s1. The van der Waals surface area contributed by atoms with Gasteiger partial charge >= 0.3 is 0 Å². The Morgan fingerprint density at radius 3 is 2.86 bits per heavy atom. The van der Waals surface area contributed by atoms with Crippen LogP contribution < -0.4 is 10.6 Å². The number of ether oxygens (including phenoxy) is 1. The number of hydrogen-bond donors (Lipinski definition) is 2. The van der Waals surface area contributed by atoms with Crippen LogP contribution >= 0.6 is 12.2 Å². The van der Waals surface area contributed by atoms with E-state index < -0.39 is 0 Å². The fraction of sp³-hybridized carbons (Fsp3) is 0.353. The molecule has 0 unspecified atom stereocenters. The van der Waals surface area contributed by atoms with Crippen LogP contribution in [0.15, 0.2) is 42.5 Å². The molecule has 1 fully saturated rings. The van der Waals surface area contributed by atoms with Crippen molar-refractivity contribution in [2.24, 2.45) is 0 Å². The lowest BCUT2D eigenvalue weighted by Crippen LogP contribution is -2.39. The molecule has 0 amide bonds. The molecule has 0 aromatic heterocycles. The molecule has 3 rings (SSSR count). The summed E-state index contributed by atoms with van der Waals surface area (Å²) in [5.41, 5.74) is 1.26. The molecule has 0 bridgehead atoms. The SMILES string of the molecule is S=C(NCc1cccc2ccccc12)NC[C@@H]1CCCO1. The van der Waals surface area contributed by atoms with E-state index in [-0.39, 0.29) is 0 Å². The van der Waals surface area contributed by atoms with E-state index in [2.05, 4.69) is 53.1 Å². The summed E-state index contributed by atoms with van der Waals surface area (Å²) in [7, 11) is 0. The third kappa shape index (κ3) is 3.71. The van der Waals surface area contributed by atoms with Crippen LogP contribution in [0.25, 0.3) is 10.8 Å². The second-order valence-corrected chi connectivity index (χ2v) is 5.75. The normalized spacial score (nSPS) is 17.8. The highest BCUT2D eigenvalue weighted by atomic mass is 32.1. The quantitative estimate of drug-likeness (QED) is 0.851. The van der Waals surface area contributed by atoms with Crippen molar-refractivity contribution in [2.75, 3.05) is 13.2 Å². The first kappa shape index (κ1) is 14.3. The van der Waals surface area contributed by atoms with Crippen molar-refractivity contribution in [3.63, 3.8) is 0 Å². The molecule has 110 valence electrons. The Morgan fingerprint density at radius 1 is 1.14 bits per heavy atom. The Morgan fingerprint density at radius 2 is 2.00 bits per heavy atom. The van der Waals surface area contributed by atoms with E-state index in [0.29, 0.717) is 11.2 Å². The second kappa shape index (κ2) is 6.87. The highest BCUT2D eigenvalue weighted by Crippen LogP contribution is 2.18. The molecule has 0 saturated carbocycles. The van der Waals surface area contributed by atoms with Gasteiger partial charge in [-0.15, -0.1) is 0 Å². The molecule has 2 aromatic rings. The smallest absolute Gasteiger partial charge is 0.166 e. The highest BCUT2D eigenvalue weighted by Gasteiger charge is 2.15. The summed E-state index contributed by atoms with van der Waals surface area (Å²) in [6.45, 7) is 2.41. The van der Waals surface area contributed by atoms with Gasteiger partial charge in [0.15, 0.2) is 5.11 Å². The van der Waals surface area contributed by atoms with Gasteiger partial charge in [-0.1, -0.05) is 42.5 Å². The molecule has 0 aliphatic carbocycles. The van der Waals surface area contributed by atoms with Gasteiger partial charge in [0, 0.05) is 19.7 Å². The summed E-state index contributed by atoms with van der Waals surface area (Å²) < 4.78 is 5.57. The van der Waals surface area contributed by atoms with Crippen molar-refractivity contribution in [3.8, 4) is 0 Å². The molecule has 0 radical (unpaired) electrons. The number of benzene rings is 2. The molecule has 1 saturated heterocycles. The van der Waals surface area contributed by atoms with Crippen LogP contribution in [0.3, 0.4) is 0 Å². The monoisotopic (exact) mass is 300 g/mol. The summed E-state index contributed by atoms with van der Waals surface area (Å²) >= 11 is 5.33. The molecule has 0 spiro atoms. The third-order valence-corrected chi connectivity index (χ3v) is 4.12. The van der Waals surface area contributed by atoms with Crippen LogP contribution in [-0.2, 0) is 11.3 Å². The molecular weight excluding hydrogens is 280 g/mol. The van der Waals surface area contributed by atoms with Crippen molar-refractivity contribution in [2.45, 2.75) is 25.5 Å². The van der Waals surface area contributed by atoms with Crippen LogP contribution in [0, 0.1) is 0 Å². The number of fused-ring (bicyclic) bond motifs is 1. The maximum absolute atomic E-state index is 5.57. The van der Waals surface area contributed by atoms with Gasteiger partial charge in [0.2, 0.25) is 0 Å². The summed E-state index contributed by atoms with van der Waals surface area (Å²) in [5.74, 6) is 0. The molecular formula is C17H20N2OS. The average molecular weight is 300 g/mol. The van der Waals surface area contributed by atoms with Crippen LogP contribution in [0.5, 0.6) is 0 Å². The van der Waals surface area contributed by atoms with E-state index in [1.165, 1.54) is 16.3 Å². The zero-order chi connectivity index (χ0) is 14.5. The first-order valence-corrected chi connectivity index (χ1v) is 7.84. The lowest BCUT2D eigenvalue weighted by atomic mass is 10.0. The second-order valence-electron chi connectivity index (χ2n) is 5.34. The van der Waals surface area contributed by atoms with Gasteiger partial charge < -0.3 is 15.4 Å². The van der Waals surface area contributed by atoms with E-state index >= 15 is 0 Å². The summed E-state index contributed by atoms with van der Waals surface area (Å²) in [6.07, 6.45) is 2.59. The maximum atomic E-state index is 5.57. The fourth-order valence-electron chi connectivity index (χ4n) is 2.70. The number of rotatable bonds is 4. The molecule has 2 aromatic carbocycles. The minimum Gasteiger partial charge on any atom is -0.376 e. The van der Waals surface area contributed by atoms with Crippen molar-refractivity contribution in [3.05, 3.63) is 48.0 Å². The molecule has 1 aliphatic heterocycles. The third-order valence-electron chi connectivity index (χ3n) is 3.83. The Bertz CT molecular complexity index is 618. The predicted octanol–water partition coefficient (Wildman–Crippen LogP) is 2.98. The van der Waals surface area contributed by atoms with Crippen molar-refractivity contribution >= 4 is 28.1 Å². The van der Waals surface area contributed by atoms with Gasteiger partial charge in [0.1, 0.15) is 0 Å². The topological polar surface area (TPSA) is 33.3 Å². The van der Waals surface area contributed by atoms with E-state index in [0.717, 1.165) is 32.5 Å². The van der Waals surface area contributed by atoms with Gasteiger partial charge in [0.25, 0.3) is 0 Å². The van der Waals surface area contributed by atoms with Crippen LogP contribution in [0.2, 0.25) is 0 Å². The van der Waals surface area contributed by atoms with Crippen molar-refractivity contribution < 1.29 is 4.74 Å². The van der Waals surface area contributed by atoms with Crippen molar-refractivity contribution in [1.82, 2.24) is 10.6 Å². The number of hydrogen-bond acceptors (Lipinski definition) is 2. The minimum atomic E-state index is 0.308. The number of nitrogens with one attached hydrogen (secondary N) is 2. The van der Waals surface area contributed by atoms with Crippen LogP contribution in [0.4, 0.5) is 0 Å². The predicted molar refractivity (Wildman–Crippen MR) is 90.4 cm³/mol. The summed E-state index contributed by atoms with van der Waals surface area (Å²) in [5, 5.41) is 9.74. The van der Waals surface area contributed by atoms with E-state index in [1.54, 1.807) is 0 Å². The fourth-order valence-corrected chi connectivity index (χ4v) is 2.85. The first-order valence-electron chi connectivity index (χ1n) is 7.43. The van der Waals surface area contributed by atoms with Crippen LogP contribution in [-0.4, -0.2) is 24.4 Å². The molecule has 2 N–H and O–H groups in total. The van der Waals surface area contributed by atoms with Crippen LogP contribution in [0.1, 0.15) is 18.4 Å². The van der Waals surface area contributed by atoms with E-state index in [1.807, 2.05) is 0 Å². The molecule has 21 heavy (non-hydrogen) atoms.